The van der Waals surface area contributed by atoms with E-state index in [4.69, 9.17) is 9.47 Å². The van der Waals surface area contributed by atoms with Gasteiger partial charge in [0.1, 0.15) is 5.75 Å². The van der Waals surface area contributed by atoms with Crippen LogP contribution in [0.25, 0.3) is 0 Å². The Labute approximate surface area is 105 Å². The number of hydrogen-bond acceptors (Lipinski definition) is 5. The Balaban J connectivity index is 2.41. The minimum Gasteiger partial charge on any atom is -0.497 e. The lowest BCUT2D eigenvalue weighted by Crippen LogP contribution is -2.46. The molecule has 1 atom stereocenters. The van der Waals surface area contributed by atoms with E-state index in [-0.39, 0.29) is 0 Å². The van der Waals surface area contributed by atoms with Gasteiger partial charge in [-0.1, -0.05) is 6.07 Å². The van der Waals surface area contributed by atoms with Gasteiger partial charge in [-0.25, -0.2) is 9.59 Å². The minimum absolute atomic E-state index is 0.296. The third-order valence-electron chi connectivity index (χ3n) is 3.00. The Morgan fingerprint density at radius 1 is 1.39 bits per heavy atom. The van der Waals surface area contributed by atoms with Gasteiger partial charge in [0.05, 0.1) is 19.8 Å². The van der Waals surface area contributed by atoms with Crippen molar-refractivity contribution in [2.24, 2.45) is 0 Å². The number of cyclic esters (lactones) is 1. The van der Waals surface area contributed by atoms with Crippen LogP contribution in [0.15, 0.2) is 18.2 Å². The van der Waals surface area contributed by atoms with Crippen molar-refractivity contribution < 1.29 is 23.8 Å². The molecule has 1 aromatic rings. The van der Waals surface area contributed by atoms with Gasteiger partial charge >= 0.3 is 11.9 Å². The van der Waals surface area contributed by atoms with E-state index in [1.165, 1.54) is 14.2 Å². The lowest BCUT2D eigenvalue weighted by molar-refractivity contribution is -0.161. The summed E-state index contributed by atoms with van der Waals surface area (Å²) >= 11 is 0. The minimum atomic E-state index is -1.26. The van der Waals surface area contributed by atoms with E-state index in [2.05, 4.69) is 4.74 Å². The third kappa shape index (κ3) is 1.92. The van der Waals surface area contributed by atoms with Crippen molar-refractivity contribution >= 4 is 11.9 Å². The van der Waals surface area contributed by atoms with Crippen LogP contribution in [0, 0.1) is 0 Å². The van der Waals surface area contributed by atoms with E-state index in [1.54, 1.807) is 25.1 Å². The van der Waals surface area contributed by atoms with E-state index < -0.39 is 17.5 Å². The maximum Gasteiger partial charge on any atom is 0.350 e. The van der Waals surface area contributed by atoms with Crippen LogP contribution >= 0.6 is 0 Å². The molecule has 0 aromatic heterocycles. The van der Waals surface area contributed by atoms with Crippen LogP contribution in [0.3, 0.4) is 0 Å². The van der Waals surface area contributed by atoms with Crippen molar-refractivity contribution in [2.75, 3.05) is 14.2 Å². The highest BCUT2D eigenvalue weighted by Gasteiger charge is 2.43. The molecule has 18 heavy (non-hydrogen) atoms. The fraction of sp³-hybridized carbons (Fsp3) is 0.385. The zero-order valence-corrected chi connectivity index (χ0v) is 10.5. The summed E-state index contributed by atoms with van der Waals surface area (Å²) < 4.78 is 14.9. The lowest BCUT2D eigenvalue weighted by atomic mass is 9.90. The highest BCUT2D eigenvalue weighted by Crippen LogP contribution is 2.31. The molecule has 2 rings (SSSR count). The molecule has 0 saturated heterocycles. The van der Waals surface area contributed by atoms with Gasteiger partial charge in [-0.05, 0) is 24.6 Å². The van der Waals surface area contributed by atoms with E-state index in [0.29, 0.717) is 17.7 Å². The highest BCUT2D eigenvalue weighted by atomic mass is 16.6. The zero-order chi connectivity index (χ0) is 13.3. The molecule has 5 heteroatoms. The first kappa shape index (κ1) is 12.4. The molecule has 0 fully saturated rings. The monoisotopic (exact) mass is 250 g/mol. The third-order valence-corrected chi connectivity index (χ3v) is 3.00. The Morgan fingerprint density at radius 2 is 2.11 bits per heavy atom. The second-order valence-corrected chi connectivity index (χ2v) is 4.31. The number of rotatable bonds is 2. The molecule has 0 bridgehead atoms. The molecular formula is C13H14O5. The Kier molecular flexibility index (Phi) is 2.98. The Hall–Kier alpha value is -2.04. The van der Waals surface area contributed by atoms with Crippen LogP contribution in [0.2, 0.25) is 0 Å². The fourth-order valence-electron chi connectivity index (χ4n) is 2.02. The molecule has 1 aliphatic heterocycles. The van der Waals surface area contributed by atoms with Gasteiger partial charge in [0, 0.05) is 6.42 Å². The Bertz CT molecular complexity index is 508. The van der Waals surface area contributed by atoms with E-state index in [1.807, 2.05) is 0 Å². The molecule has 96 valence electrons. The van der Waals surface area contributed by atoms with Crippen molar-refractivity contribution in [3.05, 3.63) is 29.3 Å². The number of methoxy groups -OCH3 is 2. The standard InChI is InChI=1S/C13H14O5/c1-13(12(15)17-3)7-8-4-5-9(16-2)6-10(8)11(14)18-13/h4-6H,7H2,1-3H3. The molecule has 0 amide bonds. The van der Waals surface area contributed by atoms with E-state index in [9.17, 15) is 9.59 Å². The van der Waals surface area contributed by atoms with Crippen LogP contribution in [-0.4, -0.2) is 31.8 Å². The van der Waals surface area contributed by atoms with Crippen LogP contribution in [0.5, 0.6) is 5.75 Å². The summed E-state index contributed by atoms with van der Waals surface area (Å²) in [6, 6.07) is 5.11. The van der Waals surface area contributed by atoms with Crippen molar-refractivity contribution in [2.45, 2.75) is 18.9 Å². The lowest BCUT2D eigenvalue weighted by Gasteiger charge is -2.31. The van der Waals surface area contributed by atoms with Crippen LogP contribution in [0.4, 0.5) is 0 Å². The van der Waals surface area contributed by atoms with Gasteiger partial charge in [-0.3, -0.25) is 0 Å². The van der Waals surface area contributed by atoms with Gasteiger partial charge < -0.3 is 14.2 Å². The summed E-state index contributed by atoms with van der Waals surface area (Å²) in [4.78, 5) is 23.5. The van der Waals surface area contributed by atoms with Gasteiger partial charge in [0.25, 0.3) is 0 Å². The number of fused-ring (bicyclic) bond motifs is 1. The average molecular weight is 250 g/mol. The van der Waals surface area contributed by atoms with E-state index >= 15 is 0 Å². The van der Waals surface area contributed by atoms with Crippen LogP contribution in [-0.2, 0) is 20.7 Å². The topological polar surface area (TPSA) is 61.8 Å². The summed E-state index contributed by atoms with van der Waals surface area (Å²) in [5.74, 6) is -0.521. The van der Waals surface area contributed by atoms with E-state index in [0.717, 1.165) is 5.56 Å². The normalized spacial score (nSPS) is 21.8. The number of ether oxygens (including phenoxy) is 3. The Morgan fingerprint density at radius 3 is 2.72 bits per heavy atom. The molecule has 1 unspecified atom stereocenters. The predicted molar refractivity (Wildman–Crippen MR) is 62.5 cm³/mol. The zero-order valence-electron chi connectivity index (χ0n) is 10.5. The summed E-state index contributed by atoms with van der Waals surface area (Å²) in [6.07, 6.45) is 0.296. The van der Waals surface area contributed by atoms with Crippen LogP contribution < -0.4 is 4.74 Å². The first-order chi connectivity index (χ1) is 8.50. The van der Waals surface area contributed by atoms with Gasteiger partial charge in [-0.2, -0.15) is 0 Å². The molecule has 0 radical (unpaired) electrons. The van der Waals surface area contributed by atoms with Crippen molar-refractivity contribution in [1.29, 1.82) is 0 Å². The summed E-state index contributed by atoms with van der Waals surface area (Å²) in [5.41, 5.74) is -0.0800. The molecule has 0 spiro atoms. The van der Waals surface area contributed by atoms with Crippen molar-refractivity contribution in [3.63, 3.8) is 0 Å². The second kappa shape index (κ2) is 4.33. The molecule has 1 aliphatic rings. The summed E-state index contributed by atoms with van der Waals surface area (Å²) in [6.45, 7) is 1.55. The quantitative estimate of drug-likeness (QED) is 0.741. The number of benzene rings is 1. The van der Waals surface area contributed by atoms with Crippen molar-refractivity contribution in [1.82, 2.24) is 0 Å². The first-order valence-corrected chi connectivity index (χ1v) is 5.49. The molecule has 1 aromatic carbocycles. The first-order valence-electron chi connectivity index (χ1n) is 5.49. The van der Waals surface area contributed by atoms with Crippen LogP contribution in [0.1, 0.15) is 22.8 Å². The number of hydrogen-bond donors (Lipinski definition) is 0. The molecule has 0 saturated carbocycles. The molecule has 0 N–H and O–H groups in total. The summed E-state index contributed by atoms with van der Waals surface area (Å²) in [5, 5.41) is 0. The predicted octanol–water partition coefficient (Wildman–Crippen LogP) is 1.34. The summed E-state index contributed by atoms with van der Waals surface area (Å²) in [7, 11) is 2.79. The molecule has 5 nitrogen and oxygen atoms in total. The maximum atomic E-state index is 11.9. The molecule has 1 heterocycles. The maximum absolute atomic E-state index is 11.9. The average Bonchev–Trinajstić information content (AvgIpc) is 2.37. The smallest absolute Gasteiger partial charge is 0.350 e. The largest absolute Gasteiger partial charge is 0.497 e. The highest BCUT2D eigenvalue weighted by molar-refractivity contribution is 5.96. The second-order valence-electron chi connectivity index (χ2n) is 4.31. The molecular weight excluding hydrogens is 236 g/mol. The number of esters is 2. The SMILES string of the molecule is COC(=O)C1(C)Cc2ccc(OC)cc2C(=O)O1. The number of carbonyl (C=O) groups is 2. The molecule has 0 aliphatic carbocycles. The fourth-order valence-corrected chi connectivity index (χ4v) is 2.02. The number of carbonyl (C=O) groups excluding carboxylic acids is 2. The van der Waals surface area contributed by atoms with Gasteiger partial charge in [-0.15, -0.1) is 0 Å². The van der Waals surface area contributed by atoms with Gasteiger partial charge in [0.2, 0.25) is 5.60 Å². The van der Waals surface area contributed by atoms with Gasteiger partial charge in [0.15, 0.2) is 0 Å². The van der Waals surface area contributed by atoms with Crippen molar-refractivity contribution in [3.8, 4) is 5.75 Å².